The van der Waals surface area contributed by atoms with E-state index in [1.165, 1.54) is 31.2 Å². The van der Waals surface area contributed by atoms with E-state index < -0.39 is 5.41 Å². The molecule has 3 atom stereocenters. The van der Waals surface area contributed by atoms with Crippen molar-refractivity contribution in [1.29, 1.82) is 0 Å². The van der Waals surface area contributed by atoms with Crippen molar-refractivity contribution in [1.82, 2.24) is 0 Å². The first kappa shape index (κ1) is 17.3. The largest absolute Gasteiger partial charge is 0.430 e. The zero-order valence-electron chi connectivity index (χ0n) is 15.7. The Morgan fingerprint density at radius 3 is 2.38 bits per heavy atom. The minimum absolute atomic E-state index is 0.120. The van der Waals surface area contributed by atoms with Crippen LogP contribution in [0.15, 0.2) is 41.7 Å². The van der Waals surface area contributed by atoms with Gasteiger partial charge in [0, 0.05) is 11.3 Å². The summed E-state index contributed by atoms with van der Waals surface area (Å²) in [6.45, 7) is 9.92. The van der Waals surface area contributed by atoms with E-state index in [1.54, 1.807) is 0 Å². The van der Waals surface area contributed by atoms with Gasteiger partial charge in [-0.15, -0.1) is 0 Å². The number of ether oxygens (including phenoxy) is 1. The topological polar surface area (TPSA) is 26.3 Å². The van der Waals surface area contributed by atoms with Crippen molar-refractivity contribution in [2.45, 2.75) is 65.7 Å². The highest BCUT2D eigenvalue weighted by Gasteiger charge is 2.67. The molecule has 0 bridgehead atoms. The zero-order valence-corrected chi connectivity index (χ0v) is 15.7. The van der Waals surface area contributed by atoms with Gasteiger partial charge in [0.1, 0.15) is 5.76 Å². The molecule has 2 fully saturated rings. The Labute approximate surface area is 146 Å². The maximum atomic E-state index is 12.5. The summed E-state index contributed by atoms with van der Waals surface area (Å²) in [6.07, 6.45) is 5.00. The number of carbonyl (C=O) groups is 1. The molecule has 0 spiro atoms. The average Bonchev–Trinajstić information content (AvgIpc) is 3.22. The van der Waals surface area contributed by atoms with Crippen LogP contribution in [0.3, 0.4) is 0 Å². The van der Waals surface area contributed by atoms with Gasteiger partial charge < -0.3 is 4.74 Å². The summed E-state index contributed by atoms with van der Waals surface area (Å²) in [4.78, 5) is 12.5. The number of benzene rings is 1. The minimum Gasteiger partial charge on any atom is -0.430 e. The molecule has 0 N–H and O–H groups in total. The van der Waals surface area contributed by atoms with Crippen LogP contribution in [0.5, 0.6) is 0 Å². The summed E-state index contributed by atoms with van der Waals surface area (Å²) in [5, 5.41) is 0. The Hall–Kier alpha value is -1.57. The molecule has 130 valence electrons. The first-order chi connectivity index (χ1) is 11.3. The molecule has 1 aromatic rings. The number of hydrogen-bond donors (Lipinski definition) is 0. The molecule has 2 saturated carbocycles. The van der Waals surface area contributed by atoms with Gasteiger partial charge in [0.2, 0.25) is 0 Å². The van der Waals surface area contributed by atoms with E-state index in [2.05, 4.69) is 44.2 Å². The Bertz CT molecular complexity index is 646. The van der Waals surface area contributed by atoms with Crippen LogP contribution in [0.4, 0.5) is 0 Å². The van der Waals surface area contributed by atoms with Gasteiger partial charge in [0.05, 0.1) is 5.41 Å². The number of allylic oxidation sites excluding steroid dienone is 2. The molecule has 0 aromatic heterocycles. The van der Waals surface area contributed by atoms with Gasteiger partial charge in [0.25, 0.3) is 0 Å². The number of hydrogen-bond acceptors (Lipinski definition) is 2. The predicted molar refractivity (Wildman–Crippen MR) is 97.5 cm³/mol. The molecule has 0 amide bonds. The summed E-state index contributed by atoms with van der Waals surface area (Å²) in [5.41, 5.74) is 2.28. The lowest BCUT2D eigenvalue weighted by molar-refractivity contribution is -0.149. The molecular weight excluding hydrogens is 296 g/mol. The van der Waals surface area contributed by atoms with E-state index in [4.69, 9.17) is 4.74 Å². The summed E-state index contributed by atoms with van der Waals surface area (Å²) in [6, 6.07) is 10.9. The van der Waals surface area contributed by atoms with Crippen molar-refractivity contribution < 1.29 is 9.53 Å². The third-order valence-corrected chi connectivity index (χ3v) is 5.77. The maximum Gasteiger partial charge on any atom is 0.316 e. The fourth-order valence-corrected chi connectivity index (χ4v) is 4.50. The lowest BCUT2D eigenvalue weighted by Gasteiger charge is -2.24. The Kier molecular flexibility index (Phi) is 4.36. The Morgan fingerprint density at radius 1 is 1.12 bits per heavy atom. The first-order valence-corrected chi connectivity index (χ1v) is 9.23. The van der Waals surface area contributed by atoms with Crippen molar-refractivity contribution in [3.8, 4) is 0 Å². The second-order valence-electron chi connectivity index (χ2n) is 8.74. The molecule has 0 saturated heterocycles. The van der Waals surface area contributed by atoms with Gasteiger partial charge in [-0.05, 0) is 64.5 Å². The summed E-state index contributed by atoms with van der Waals surface area (Å²) in [5.74, 6) is 1.79. The quantitative estimate of drug-likeness (QED) is 0.531. The fourth-order valence-electron chi connectivity index (χ4n) is 4.50. The van der Waals surface area contributed by atoms with Crippen molar-refractivity contribution in [3.63, 3.8) is 0 Å². The Balaban J connectivity index is 1.95. The third-order valence-electron chi connectivity index (χ3n) is 5.77. The Morgan fingerprint density at radius 2 is 1.79 bits per heavy atom. The first-order valence-electron chi connectivity index (χ1n) is 9.23. The molecule has 0 heterocycles. The smallest absolute Gasteiger partial charge is 0.316 e. The highest BCUT2D eigenvalue weighted by molar-refractivity contribution is 5.76. The second kappa shape index (κ2) is 6.06. The van der Waals surface area contributed by atoms with Crippen LogP contribution in [-0.4, -0.2) is 5.97 Å². The highest BCUT2D eigenvalue weighted by atomic mass is 16.5. The van der Waals surface area contributed by atoms with E-state index in [0.29, 0.717) is 11.8 Å². The molecule has 0 unspecified atom stereocenters. The monoisotopic (exact) mass is 326 g/mol. The maximum absolute atomic E-state index is 12.5. The number of esters is 1. The van der Waals surface area contributed by atoms with E-state index in [1.807, 2.05) is 20.8 Å². The van der Waals surface area contributed by atoms with Gasteiger partial charge in [-0.25, -0.2) is 0 Å². The summed E-state index contributed by atoms with van der Waals surface area (Å²) < 4.78 is 5.98. The molecule has 0 radical (unpaired) electrons. The van der Waals surface area contributed by atoms with Crippen molar-refractivity contribution in [2.75, 3.05) is 0 Å². The minimum atomic E-state index is -0.472. The van der Waals surface area contributed by atoms with E-state index in [0.717, 1.165) is 11.3 Å². The van der Waals surface area contributed by atoms with Crippen molar-refractivity contribution >= 4 is 5.97 Å². The molecule has 2 aliphatic carbocycles. The number of fused-ring (bicyclic) bond motifs is 1. The molecule has 0 aliphatic heterocycles. The molecule has 1 aromatic carbocycles. The van der Waals surface area contributed by atoms with E-state index >= 15 is 0 Å². The lowest BCUT2D eigenvalue weighted by Crippen LogP contribution is -2.24. The van der Waals surface area contributed by atoms with Crippen LogP contribution < -0.4 is 0 Å². The number of rotatable bonds is 3. The van der Waals surface area contributed by atoms with Crippen LogP contribution in [0.2, 0.25) is 0 Å². The zero-order chi connectivity index (χ0) is 17.5. The second-order valence-corrected chi connectivity index (χ2v) is 8.74. The summed E-state index contributed by atoms with van der Waals surface area (Å²) >= 11 is 0. The van der Waals surface area contributed by atoms with Crippen LogP contribution in [0.25, 0.3) is 0 Å². The molecule has 2 heteroatoms. The average molecular weight is 326 g/mol. The van der Waals surface area contributed by atoms with Gasteiger partial charge in [-0.1, -0.05) is 43.2 Å². The molecule has 2 aliphatic rings. The summed E-state index contributed by atoms with van der Waals surface area (Å²) in [7, 11) is 0. The molecule has 24 heavy (non-hydrogen) atoms. The van der Waals surface area contributed by atoms with Gasteiger partial charge in [-0.3, -0.25) is 4.79 Å². The normalized spacial score (nSPS) is 28.7. The van der Waals surface area contributed by atoms with Gasteiger partial charge in [-0.2, -0.15) is 0 Å². The van der Waals surface area contributed by atoms with Gasteiger partial charge >= 0.3 is 5.97 Å². The fraction of sp³-hybridized carbons (Fsp3) is 0.591. The van der Waals surface area contributed by atoms with Gasteiger partial charge in [0.15, 0.2) is 0 Å². The SMILES string of the molecule is CC(C)=C(OC(=O)C(C)(C)C)[C@H]1[C@H]2CCCC[C@]21c1ccccc1. The van der Waals surface area contributed by atoms with E-state index in [-0.39, 0.29) is 11.4 Å². The van der Waals surface area contributed by atoms with E-state index in [9.17, 15) is 4.79 Å². The van der Waals surface area contributed by atoms with Crippen LogP contribution in [0.1, 0.15) is 65.9 Å². The molecule has 2 nitrogen and oxygen atoms in total. The van der Waals surface area contributed by atoms with Crippen LogP contribution >= 0.6 is 0 Å². The van der Waals surface area contributed by atoms with Crippen LogP contribution in [0, 0.1) is 17.3 Å². The highest BCUT2D eigenvalue weighted by Crippen LogP contribution is 2.70. The molecular formula is C22H30O2. The molecule has 3 rings (SSSR count). The van der Waals surface area contributed by atoms with Crippen molar-refractivity contribution in [2.24, 2.45) is 17.3 Å². The predicted octanol–water partition coefficient (Wildman–Crippen LogP) is 5.63. The van der Waals surface area contributed by atoms with Crippen LogP contribution in [-0.2, 0) is 14.9 Å². The third kappa shape index (κ3) is 2.81. The lowest BCUT2D eigenvalue weighted by atomic mass is 9.82. The van der Waals surface area contributed by atoms with Crippen molar-refractivity contribution in [3.05, 3.63) is 47.2 Å². The standard InChI is InChI=1S/C22H30O2/c1-15(2)19(24-20(23)21(3,4)5)18-17-13-9-10-14-22(17,18)16-11-7-6-8-12-16/h6-8,11-12,17-18H,9-10,13-14H2,1-5H3/t17-,18-,22+/m1/s1. The number of carbonyl (C=O) groups excluding carboxylic acids is 1.